The van der Waals surface area contributed by atoms with Gasteiger partial charge in [-0.2, -0.15) is 5.10 Å². The first-order chi connectivity index (χ1) is 9.02. The molecule has 0 bridgehead atoms. The summed E-state index contributed by atoms with van der Waals surface area (Å²) in [4.78, 5) is 13.3. The second-order valence-electron chi connectivity index (χ2n) is 4.66. The standard InChI is InChI=1S/C14H18N4O/c1-10-8-12(5-4-11(10)9-15)18-7-6-13(16-18)14(19)17(2)3/h4-8H,9,15H2,1-3H3. The third-order valence-corrected chi connectivity index (χ3v) is 3.03. The maximum absolute atomic E-state index is 11.8. The van der Waals surface area contributed by atoms with E-state index in [1.807, 2.05) is 25.1 Å². The first kappa shape index (κ1) is 13.3. The molecule has 0 aliphatic heterocycles. The monoisotopic (exact) mass is 258 g/mol. The Morgan fingerprint density at radius 1 is 1.37 bits per heavy atom. The Bertz CT molecular complexity index is 601. The lowest BCUT2D eigenvalue weighted by atomic mass is 10.1. The number of hydrogen-bond donors (Lipinski definition) is 1. The second-order valence-corrected chi connectivity index (χ2v) is 4.66. The minimum Gasteiger partial charge on any atom is -0.343 e. The zero-order valence-electron chi connectivity index (χ0n) is 11.4. The van der Waals surface area contributed by atoms with Crippen LogP contribution >= 0.6 is 0 Å². The third-order valence-electron chi connectivity index (χ3n) is 3.03. The molecule has 0 fully saturated rings. The van der Waals surface area contributed by atoms with E-state index in [0.29, 0.717) is 12.2 Å². The van der Waals surface area contributed by atoms with Crippen molar-refractivity contribution in [3.8, 4) is 5.69 Å². The number of benzene rings is 1. The van der Waals surface area contributed by atoms with Crippen LogP contribution in [0.2, 0.25) is 0 Å². The fourth-order valence-electron chi connectivity index (χ4n) is 1.86. The Balaban J connectivity index is 2.33. The summed E-state index contributed by atoms with van der Waals surface area (Å²) in [6.45, 7) is 2.54. The minimum absolute atomic E-state index is 0.103. The van der Waals surface area contributed by atoms with Crippen molar-refractivity contribution in [2.45, 2.75) is 13.5 Å². The summed E-state index contributed by atoms with van der Waals surface area (Å²) in [5.41, 5.74) is 9.24. The van der Waals surface area contributed by atoms with Gasteiger partial charge >= 0.3 is 0 Å². The SMILES string of the molecule is Cc1cc(-n2ccc(C(=O)N(C)C)n2)ccc1CN. The number of nitrogens with two attached hydrogens (primary N) is 1. The highest BCUT2D eigenvalue weighted by molar-refractivity contribution is 5.91. The van der Waals surface area contributed by atoms with Crippen molar-refractivity contribution in [1.82, 2.24) is 14.7 Å². The Labute approximate surface area is 112 Å². The molecule has 0 aliphatic carbocycles. The van der Waals surface area contributed by atoms with Crippen LogP contribution in [0.4, 0.5) is 0 Å². The van der Waals surface area contributed by atoms with Gasteiger partial charge in [-0.25, -0.2) is 4.68 Å². The van der Waals surface area contributed by atoms with E-state index < -0.39 is 0 Å². The molecule has 1 aromatic carbocycles. The molecule has 19 heavy (non-hydrogen) atoms. The van der Waals surface area contributed by atoms with Gasteiger partial charge in [0.05, 0.1) is 5.69 Å². The smallest absolute Gasteiger partial charge is 0.273 e. The summed E-state index contributed by atoms with van der Waals surface area (Å²) in [5.74, 6) is -0.103. The Kier molecular flexibility index (Phi) is 3.66. The average Bonchev–Trinajstić information content (AvgIpc) is 2.87. The molecular weight excluding hydrogens is 240 g/mol. The molecule has 5 nitrogen and oxygen atoms in total. The molecule has 0 saturated heterocycles. The van der Waals surface area contributed by atoms with Gasteiger partial charge in [0.25, 0.3) is 5.91 Å². The average molecular weight is 258 g/mol. The topological polar surface area (TPSA) is 64.2 Å². The van der Waals surface area contributed by atoms with Crippen molar-refractivity contribution >= 4 is 5.91 Å². The van der Waals surface area contributed by atoms with Gasteiger partial charge in [-0.1, -0.05) is 6.07 Å². The minimum atomic E-state index is -0.103. The number of hydrogen-bond acceptors (Lipinski definition) is 3. The fraction of sp³-hybridized carbons (Fsp3) is 0.286. The summed E-state index contributed by atoms with van der Waals surface area (Å²) in [6, 6.07) is 7.67. The van der Waals surface area contributed by atoms with Gasteiger partial charge in [-0.3, -0.25) is 4.79 Å². The quantitative estimate of drug-likeness (QED) is 0.903. The molecule has 0 spiro atoms. The number of carbonyl (C=O) groups is 1. The van der Waals surface area contributed by atoms with E-state index >= 15 is 0 Å². The molecule has 0 saturated carbocycles. The molecule has 1 heterocycles. The number of aromatic nitrogens is 2. The van der Waals surface area contributed by atoms with Crippen LogP contribution < -0.4 is 5.73 Å². The van der Waals surface area contributed by atoms with Crippen LogP contribution in [0.5, 0.6) is 0 Å². The number of amides is 1. The van der Waals surface area contributed by atoms with Crippen molar-refractivity contribution < 1.29 is 4.79 Å². The van der Waals surface area contributed by atoms with Gasteiger partial charge in [0.2, 0.25) is 0 Å². The fourth-order valence-corrected chi connectivity index (χ4v) is 1.86. The number of carbonyl (C=O) groups excluding carboxylic acids is 1. The van der Waals surface area contributed by atoms with Crippen molar-refractivity contribution in [2.24, 2.45) is 5.73 Å². The first-order valence-electron chi connectivity index (χ1n) is 6.10. The van der Waals surface area contributed by atoms with Crippen LogP contribution in [0.25, 0.3) is 5.69 Å². The van der Waals surface area contributed by atoms with Crippen molar-refractivity contribution in [1.29, 1.82) is 0 Å². The molecule has 0 unspecified atom stereocenters. The van der Waals surface area contributed by atoms with Crippen LogP contribution in [-0.2, 0) is 6.54 Å². The van der Waals surface area contributed by atoms with Gasteiger partial charge in [0, 0.05) is 26.8 Å². The summed E-state index contributed by atoms with van der Waals surface area (Å²) in [5, 5.41) is 4.29. The zero-order chi connectivity index (χ0) is 14.0. The summed E-state index contributed by atoms with van der Waals surface area (Å²) in [7, 11) is 3.42. The van der Waals surface area contributed by atoms with Crippen LogP contribution in [0.3, 0.4) is 0 Å². The van der Waals surface area contributed by atoms with E-state index in [1.54, 1.807) is 31.0 Å². The van der Waals surface area contributed by atoms with E-state index in [2.05, 4.69) is 5.10 Å². The van der Waals surface area contributed by atoms with E-state index in [1.165, 1.54) is 4.90 Å². The molecule has 5 heteroatoms. The van der Waals surface area contributed by atoms with Crippen molar-refractivity contribution in [3.05, 3.63) is 47.3 Å². The van der Waals surface area contributed by atoms with E-state index in [0.717, 1.165) is 16.8 Å². The molecule has 2 rings (SSSR count). The molecule has 0 aliphatic rings. The van der Waals surface area contributed by atoms with Crippen molar-refractivity contribution in [2.75, 3.05) is 14.1 Å². The highest BCUT2D eigenvalue weighted by atomic mass is 16.2. The molecule has 2 N–H and O–H groups in total. The molecule has 0 atom stereocenters. The summed E-state index contributed by atoms with van der Waals surface area (Å²) in [6.07, 6.45) is 1.79. The number of nitrogens with zero attached hydrogens (tertiary/aromatic N) is 3. The predicted molar refractivity (Wildman–Crippen MR) is 74.2 cm³/mol. The Hall–Kier alpha value is -2.14. The summed E-state index contributed by atoms with van der Waals surface area (Å²) >= 11 is 0. The maximum Gasteiger partial charge on any atom is 0.273 e. The number of aryl methyl sites for hydroxylation is 1. The largest absolute Gasteiger partial charge is 0.343 e. The molecular formula is C14H18N4O. The third kappa shape index (κ3) is 2.66. The Morgan fingerprint density at radius 3 is 2.68 bits per heavy atom. The molecule has 0 radical (unpaired) electrons. The van der Waals surface area contributed by atoms with Gasteiger partial charge in [-0.15, -0.1) is 0 Å². The second kappa shape index (κ2) is 5.24. The molecule has 100 valence electrons. The summed E-state index contributed by atoms with van der Waals surface area (Å²) < 4.78 is 1.70. The van der Waals surface area contributed by atoms with Gasteiger partial charge in [0.15, 0.2) is 5.69 Å². The Morgan fingerprint density at radius 2 is 2.11 bits per heavy atom. The van der Waals surface area contributed by atoms with Crippen LogP contribution in [0.15, 0.2) is 30.5 Å². The van der Waals surface area contributed by atoms with Crippen LogP contribution in [0.1, 0.15) is 21.6 Å². The number of rotatable bonds is 3. The van der Waals surface area contributed by atoms with Gasteiger partial charge in [-0.05, 0) is 36.2 Å². The highest BCUT2D eigenvalue weighted by Crippen LogP contribution is 2.14. The van der Waals surface area contributed by atoms with E-state index in [9.17, 15) is 4.79 Å². The van der Waals surface area contributed by atoms with Gasteiger partial charge in [0.1, 0.15) is 0 Å². The molecule has 2 aromatic rings. The molecule has 1 amide bonds. The van der Waals surface area contributed by atoms with Crippen LogP contribution in [-0.4, -0.2) is 34.7 Å². The highest BCUT2D eigenvalue weighted by Gasteiger charge is 2.12. The van der Waals surface area contributed by atoms with Crippen LogP contribution in [0, 0.1) is 6.92 Å². The zero-order valence-corrected chi connectivity index (χ0v) is 11.4. The predicted octanol–water partition coefficient (Wildman–Crippen LogP) is 1.34. The lowest BCUT2D eigenvalue weighted by Gasteiger charge is -2.08. The van der Waals surface area contributed by atoms with E-state index in [-0.39, 0.29) is 5.91 Å². The lowest BCUT2D eigenvalue weighted by molar-refractivity contribution is 0.0821. The first-order valence-corrected chi connectivity index (χ1v) is 6.10. The molecule has 1 aromatic heterocycles. The van der Waals surface area contributed by atoms with Crippen molar-refractivity contribution in [3.63, 3.8) is 0 Å². The maximum atomic E-state index is 11.8. The lowest BCUT2D eigenvalue weighted by Crippen LogP contribution is -2.22. The normalized spacial score (nSPS) is 10.5. The van der Waals surface area contributed by atoms with Gasteiger partial charge < -0.3 is 10.6 Å². The van der Waals surface area contributed by atoms with E-state index in [4.69, 9.17) is 5.73 Å².